The van der Waals surface area contributed by atoms with Crippen molar-refractivity contribution in [3.63, 3.8) is 0 Å². The lowest BCUT2D eigenvalue weighted by atomic mass is 10.3. The summed E-state index contributed by atoms with van der Waals surface area (Å²) in [4.78, 5) is 3.67. The summed E-state index contributed by atoms with van der Waals surface area (Å²) in [5.41, 5.74) is 0.501. The van der Waals surface area contributed by atoms with Crippen molar-refractivity contribution in [1.29, 1.82) is 5.39 Å². The van der Waals surface area contributed by atoms with Gasteiger partial charge in [-0.2, -0.15) is 0 Å². The van der Waals surface area contributed by atoms with E-state index in [4.69, 9.17) is 5.39 Å². The minimum atomic E-state index is 0.501. The van der Waals surface area contributed by atoms with E-state index in [0.29, 0.717) is 10.6 Å². The van der Waals surface area contributed by atoms with Crippen LogP contribution >= 0.6 is 12.6 Å². The summed E-state index contributed by atoms with van der Waals surface area (Å²) in [7, 11) is 0. The van der Waals surface area contributed by atoms with Crippen LogP contribution in [0.2, 0.25) is 0 Å². The number of hydrogen-bond donors (Lipinski definition) is 1. The summed E-state index contributed by atoms with van der Waals surface area (Å²) in [6.45, 7) is 0. The molecule has 0 bridgehead atoms. The highest BCUT2D eigenvalue weighted by Gasteiger charge is 2.05. The van der Waals surface area contributed by atoms with Crippen molar-refractivity contribution in [2.45, 2.75) is 4.90 Å². The van der Waals surface area contributed by atoms with E-state index in [1.807, 2.05) is 6.07 Å². The van der Waals surface area contributed by atoms with Gasteiger partial charge in [0.1, 0.15) is 0 Å². The molecule has 1 rings (SSSR count). The van der Waals surface area contributed by atoms with E-state index in [0.717, 1.165) is 0 Å². The molecule has 0 fully saturated rings. The van der Waals surface area contributed by atoms with Gasteiger partial charge in [0.25, 0.3) is 0 Å². The van der Waals surface area contributed by atoms with Gasteiger partial charge in [-0.15, -0.1) is 12.6 Å². The maximum Gasteiger partial charge on any atom is 0.398 e. The van der Waals surface area contributed by atoms with Crippen LogP contribution in [-0.4, -0.2) is 0 Å². The van der Waals surface area contributed by atoms with Gasteiger partial charge in [-0.25, -0.2) is 0 Å². The second-order valence-electron chi connectivity index (χ2n) is 1.59. The summed E-state index contributed by atoms with van der Waals surface area (Å²) in [6.07, 6.45) is 0. The third-order valence-corrected chi connectivity index (χ3v) is 1.37. The number of hydrogen-bond acceptors (Lipinski definition) is 2. The number of rotatable bonds is 0. The Morgan fingerprint density at radius 2 is 2.00 bits per heavy atom. The lowest BCUT2D eigenvalue weighted by Gasteiger charge is -1.79. The lowest BCUT2D eigenvalue weighted by molar-refractivity contribution is 1.40. The summed E-state index contributed by atoms with van der Waals surface area (Å²) in [6, 6.07) is 7.06. The van der Waals surface area contributed by atoms with E-state index in [9.17, 15) is 0 Å². The summed E-state index contributed by atoms with van der Waals surface area (Å²) in [5.74, 6) is 0. The molecule has 44 valence electrons. The second-order valence-corrected chi connectivity index (χ2v) is 2.07. The molecule has 0 unspecified atom stereocenters. The Bertz CT molecular complexity index is 251. The molecular formula is C6H5N2S+. The summed E-state index contributed by atoms with van der Waals surface area (Å²) in [5, 5.41) is 8.29. The van der Waals surface area contributed by atoms with Crippen LogP contribution in [0.4, 0.5) is 5.69 Å². The molecule has 0 N–H and O–H groups in total. The Hall–Kier alpha value is -1.01. The quantitative estimate of drug-likeness (QED) is 0.431. The normalized spacial score (nSPS) is 8.44. The first-order chi connectivity index (χ1) is 4.34. The zero-order valence-electron chi connectivity index (χ0n) is 4.65. The van der Waals surface area contributed by atoms with Crippen molar-refractivity contribution < 1.29 is 0 Å². The first-order valence-corrected chi connectivity index (χ1v) is 2.92. The lowest BCUT2D eigenvalue weighted by Crippen LogP contribution is -1.62. The monoisotopic (exact) mass is 137 g/mol. The van der Waals surface area contributed by atoms with Gasteiger partial charge >= 0.3 is 5.69 Å². The Morgan fingerprint density at radius 3 is 2.44 bits per heavy atom. The van der Waals surface area contributed by atoms with Gasteiger partial charge in [-0.05, 0) is 6.07 Å². The van der Waals surface area contributed by atoms with Gasteiger partial charge in [-0.3, -0.25) is 0 Å². The predicted octanol–water partition coefficient (Wildman–Crippen LogP) is 2.46. The van der Waals surface area contributed by atoms with Crippen molar-refractivity contribution in [2.75, 3.05) is 0 Å². The molecule has 3 heteroatoms. The van der Waals surface area contributed by atoms with Crippen molar-refractivity contribution in [1.82, 2.24) is 0 Å². The average Bonchev–Trinajstić information content (AvgIpc) is 1.89. The minimum Gasteiger partial charge on any atom is -0.135 e. The molecule has 0 spiro atoms. The van der Waals surface area contributed by atoms with Gasteiger partial charge in [0.05, 0.1) is 4.90 Å². The molecule has 0 heterocycles. The molecule has 0 atom stereocenters. The zero-order chi connectivity index (χ0) is 6.69. The predicted molar refractivity (Wildman–Crippen MR) is 38.4 cm³/mol. The van der Waals surface area contributed by atoms with E-state index in [1.54, 1.807) is 18.2 Å². The summed E-state index contributed by atoms with van der Waals surface area (Å²) < 4.78 is 0. The zero-order valence-corrected chi connectivity index (χ0v) is 5.55. The van der Waals surface area contributed by atoms with Crippen molar-refractivity contribution >= 4 is 18.3 Å². The molecule has 9 heavy (non-hydrogen) atoms. The highest BCUT2D eigenvalue weighted by Crippen LogP contribution is 2.20. The SMILES string of the molecule is N#[N+]c1ccccc1S. The number of thiol groups is 1. The first-order valence-electron chi connectivity index (χ1n) is 2.47. The van der Waals surface area contributed by atoms with Crippen molar-refractivity contribution in [2.24, 2.45) is 0 Å². The van der Waals surface area contributed by atoms with Gasteiger partial charge in [0, 0.05) is 6.07 Å². The molecule has 0 aliphatic rings. The fourth-order valence-corrected chi connectivity index (χ4v) is 0.754. The largest absolute Gasteiger partial charge is 0.398 e. The third kappa shape index (κ3) is 1.21. The highest BCUT2D eigenvalue weighted by molar-refractivity contribution is 7.80. The van der Waals surface area contributed by atoms with Crippen LogP contribution in [0.5, 0.6) is 0 Å². The number of benzene rings is 1. The third-order valence-electron chi connectivity index (χ3n) is 0.989. The van der Waals surface area contributed by atoms with Crippen molar-refractivity contribution in [3.05, 3.63) is 29.2 Å². The average molecular weight is 137 g/mol. The van der Waals surface area contributed by atoms with Crippen LogP contribution in [0.15, 0.2) is 29.2 Å². The van der Waals surface area contributed by atoms with Crippen LogP contribution < -0.4 is 0 Å². The fourth-order valence-electron chi connectivity index (χ4n) is 0.549. The molecule has 0 radical (unpaired) electrons. The van der Waals surface area contributed by atoms with Gasteiger partial charge in [0.2, 0.25) is 5.39 Å². The van der Waals surface area contributed by atoms with E-state index in [-0.39, 0.29) is 0 Å². The molecule has 1 aromatic rings. The van der Waals surface area contributed by atoms with E-state index >= 15 is 0 Å². The number of diazo groups is 1. The Labute approximate surface area is 58.5 Å². The van der Waals surface area contributed by atoms with Crippen LogP contribution in [0.25, 0.3) is 4.98 Å². The van der Waals surface area contributed by atoms with E-state index < -0.39 is 0 Å². The topological polar surface area (TPSA) is 28.1 Å². The Balaban J connectivity index is 3.20. The summed E-state index contributed by atoms with van der Waals surface area (Å²) >= 11 is 4.02. The fraction of sp³-hybridized carbons (Fsp3) is 0. The molecule has 0 aromatic heterocycles. The van der Waals surface area contributed by atoms with Crippen molar-refractivity contribution in [3.8, 4) is 0 Å². The van der Waals surface area contributed by atoms with Gasteiger partial charge in [-0.1, -0.05) is 12.1 Å². The molecule has 0 amide bonds. The maximum absolute atomic E-state index is 8.29. The molecule has 0 aliphatic heterocycles. The standard InChI is InChI=1S/C6H4N2S/c7-8-5-3-1-2-4-6(5)9/h1-4H/p+1. The second kappa shape index (κ2) is 2.51. The van der Waals surface area contributed by atoms with Crippen LogP contribution in [0.3, 0.4) is 0 Å². The molecule has 0 aliphatic carbocycles. The van der Waals surface area contributed by atoms with Gasteiger partial charge in [0.15, 0.2) is 4.98 Å². The molecule has 0 saturated heterocycles. The maximum atomic E-state index is 8.29. The first kappa shape index (κ1) is 6.12. The van der Waals surface area contributed by atoms with Crippen LogP contribution in [0, 0.1) is 5.39 Å². The highest BCUT2D eigenvalue weighted by atomic mass is 32.1. The molecule has 1 aromatic carbocycles. The molecule has 0 saturated carbocycles. The number of nitrogens with zero attached hydrogens (tertiary/aromatic N) is 2. The molecule has 2 nitrogen and oxygen atoms in total. The van der Waals surface area contributed by atoms with Crippen LogP contribution in [0.1, 0.15) is 0 Å². The minimum absolute atomic E-state index is 0.501. The van der Waals surface area contributed by atoms with E-state index in [1.165, 1.54) is 0 Å². The smallest absolute Gasteiger partial charge is 0.135 e. The van der Waals surface area contributed by atoms with Gasteiger partial charge < -0.3 is 0 Å². The van der Waals surface area contributed by atoms with E-state index in [2.05, 4.69) is 17.6 Å². The molecular weight excluding hydrogens is 132 g/mol. The Kier molecular flexibility index (Phi) is 1.71. The Morgan fingerprint density at radius 1 is 1.33 bits per heavy atom. The van der Waals surface area contributed by atoms with Crippen LogP contribution in [-0.2, 0) is 0 Å².